The third kappa shape index (κ3) is 3.25. The minimum atomic E-state index is -0.323. The second-order valence-corrected chi connectivity index (χ2v) is 4.92. The Morgan fingerprint density at radius 1 is 1.30 bits per heavy atom. The molecule has 0 amide bonds. The van der Waals surface area contributed by atoms with E-state index in [0.29, 0.717) is 16.1 Å². The van der Waals surface area contributed by atoms with Gasteiger partial charge in [0.2, 0.25) is 5.88 Å². The van der Waals surface area contributed by atoms with Gasteiger partial charge in [-0.3, -0.25) is 0 Å². The third-order valence-corrected chi connectivity index (χ3v) is 3.32. The van der Waals surface area contributed by atoms with E-state index in [1.165, 1.54) is 18.5 Å². The number of anilines is 1. The van der Waals surface area contributed by atoms with Crippen LogP contribution in [-0.4, -0.2) is 16.5 Å². The zero-order chi connectivity index (χ0) is 14.5. The summed E-state index contributed by atoms with van der Waals surface area (Å²) >= 11 is 3.28. The summed E-state index contributed by atoms with van der Waals surface area (Å²) in [4.78, 5) is 8.37. The highest BCUT2D eigenvalue weighted by Gasteiger charge is 2.13. The second-order valence-electron chi connectivity index (χ2n) is 4.07. The maximum atomic E-state index is 13.1. The van der Waals surface area contributed by atoms with Gasteiger partial charge in [0.1, 0.15) is 23.7 Å². The first-order valence-electron chi connectivity index (χ1n) is 6.36. The minimum absolute atomic E-state index is 0.323. The summed E-state index contributed by atoms with van der Waals surface area (Å²) in [6.45, 7) is 4.77. The molecule has 1 aromatic heterocycles. The lowest BCUT2D eigenvalue weighted by molar-refractivity contribution is 0.451. The van der Waals surface area contributed by atoms with Crippen LogP contribution < -0.4 is 10.1 Å². The van der Waals surface area contributed by atoms with Gasteiger partial charge >= 0.3 is 0 Å². The molecule has 0 aliphatic carbocycles. The van der Waals surface area contributed by atoms with Gasteiger partial charge in [-0.2, -0.15) is 0 Å². The topological polar surface area (TPSA) is 47.0 Å². The lowest BCUT2D eigenvalue weighted by Crippen LogP contribution is -2.05. The van der Waals surface area contributed by atoms with Crippen molar-refractivity contribution in [1.29, 1.82) is 0 Å². The minimum Gasteiger partial charge on any atom is -0.437 e. The van der Waals surface area contributed by atoms with Crippen molar-refractivity contribution >= 4 is 21.7 Å². The zero-order valence-electron chi connectivity index (χ0n) is 11.3. The number of nitrogens with zero attached hydrogens (tertiary/aromatic N) is 2. The number of nitrogens with one attached hydrogen (secondary N) is 1. The van der Waals surface area contributed by atoms with E-state index in [-0.39, 0.29) is 5.82 Å². The summed E-state index contributed by atoms with van der Waals surface area (Å²) in [5.74, 6) is 1.43. The molecule has 2 rings (SSSR count). The van der Waals surface area contributed by atoms with E-state index in [1.807, 2.05) is 13.8 Å². The maximum absolute atomic E-state index is 13.1. The smallest absolute Gasteiger partial charge is 0.227 e. The zero-order valence-corrected chi connectivity index (χ0v) is 12.9. The second kappa shape index (κ2) is 6.65. The third-order valence-electron chi connectivity index (χ3n) is 2.70. The van der Waals surface area contributed by atoms with Crippen molar-refractivity contribution in [1.82, 2.24) is 9.97 Å². The molecule has 1 N–H and O–H groups in total. The molecule has 0 atom stereocenters. The number of ether oxygens (including phenoxy) is 1. The van der Waals surface area contributed by atoms with E-state index in [4.69, 9.17) is 4.74 Å². The highest BCUT2D eigenvalue weighted by molar-refractivity contribution is 9.10. The van der Waals surface area contributed by atoms with Crippen molar-refractivity contribution in [3.8, 4) is 11.6 Å². The first kappa shape index (κ1) is 14.7. The lowest BCUT2D eigenvalue weighted by atomic mass is 10.2. The van der Waals surface area contributed by atoms with Crippen LogP contribution in [0.25, 0.3) is 0 Å². The van der Waals surface area contributed by atoms with E-state index in [9.17, 15) is 4.39 Å². The predicted octanol–water partition coefficient (Wildman–Crippen LogP) is 4.16. The quantitative estimate of drug-likeness (QED) is 0.888. The van der Waals surface area contributed by atoms with Crippen molar-refractivity contribution < 1.29 is 9.13 Å². The summed E-state index contributed by atoms with van der Waals surface area (Å²) in [5, 5.41) is 3.17. The van der Waals surface area contributed by atoms with Crippen LogP contribution in [0, 0.1) is 5.82 Å². The van der Waals surface area contributed by atoms with Gasteiger partial charge in [-0.1, -0.05) is 6.92 Å². The Morgan fingerprint density at radius 2 is 2.10 bits per heavy atom. The predicted molar refractivity (Wildman–Crippen MR) is 79.7 cm³/mol. The van der Waals surface area contributed by atoms with Crippen LogP contribution in [0.2, 0.25) is 0 Å². The van der Waals surface area contributed by atoms with Gasteiger partial charge in [0.25, 0.3) is 0 Å². The van der Waals surface area contributed by atoms with Crippen LogP contribution in [0.1, 0.15) is 19.4 Å². The number of aromatic nitrogens is 2. The van der Waals surface area contributed by atoms with E-state index in [1.54, 1.807) is 6.07 Å². The lowest BCUT2D eigenvalue weighted by Gasteiger charge is -2.13. The molecule has 1 heterocycles. The molecule has 0 saturated heterocycles. The molecule has 0 saturated carbocycles. The van der Waals surface area contributed by atoms with Gasteiger partial charge in [-0.25, -0.2) is 14.4 Å². The largest absolute Gasteiger partial charge is 0.437 e. The number of hydrogen-bond donors (Lipinski definition) is 1. The van der Waals surface area contributed by atoms with E-state index in [2.05, 4.69) is 31.2 Å². The SMILES string of the molecule is CCNc1ncnc(Oc2ccc(F)cc2Br)c1CC. The molecule has 20 heavy (non-hydrogen) atoms. The number of hydrogen-bond acceptors (Lipinski definition) is 4. The van der Waals surface area contributed by atoms with Gasteiger partial charge < -0.3 is 10.1 Å². The van der Waals surface area contributed by atoms with Crippen molar-refractivity contribution in [3.05, 3.63) is 40.4 Å². The van der Waals surface area contributed by atoms with Crippen molar-refractivity contribution in [3.63, 3.8) is 0 Å². The molecular weight excluding hydrogens is 325 g/mol. The molecule has 0 aliphatic heterocycles. The van der Waals surface area contributed by atoms with Gasteiger partial charge in [-0.15, -0.1) is 0 Å². The Hall–Kier alpha value is -1.69. The maximum Gasteiger partial charge on any atom is 0.227 e. The average molecular weight is 340 g/mol. The monoisotopic (exact) mass is 339 g/mol. The molecule has 0 spiro atoms. The van der Waals surface area contributed by atoms with E-state index >= 15 is 0 Å². The van der Waals surface area contributed by atoms with Crippen molar-refractivity contribution in [2.45, 2.75) is 20.3 Å². The molecule has 0 radical (unpaired) electrons. The van der Waals surface area contributed by atoms with Crippen LogP contribution >= 0.6 is 15.9 Å². The molecule has 106 valence electrons. The molecule has 0 bridgehead atoms. The van der Waals surface area contributed by atoms with Crippen LogP contribution in [0.5, 0.6) is 11.6 Å². The molecule has 4 nitrogen and oxygen atoms in total. The van der Waals surface area contributed by atoms with Crippen LogP contribution in [0.15, 0.2) is 29.0 Å². The normalized spacial score (nSPS) is 10.4. The van der Waals surface area contributed by atoms with Gasteiger partial charge in [0.15, 0.2) is 0 Å². The highest BCUT2D eigenvalue weighted by Crippen LogP contribution is 2.32. The van der Waals surface area contributed by atoms with Crippen molar-refractivity contribution in [2.75, 3.05) is 11.9 Å². The fourth-order valence-corrected chi connectivity index (χ4v) is 2.22. The Bertz CT molecular complexity index is 607. The standard InChI is InChI=1S/C14H15BrFN3O/c1-3-10-13(17-4-2)18-8-19-14(10)20-12-6-5-9(16)7-11(12)15/h5-8H,3-4H2,1-2H3,(H,17,18,19). The van der Waals surface area contributed by atoms with Crippen LogP contribution in [-0.2, 0) is 6.42 Å². The van der Waals surface area contributed by atoms with Gasteiger partial charge in [0.05, 0.1) is 10.0 Å². The molecule has 0 aliphatic rings. The van der Waals surface area contributed by atoms with Gasteiger partial charge in [-0.05, 0) is 47.5 Å². The molecule has 2 aromatic rings. The Labute approximate surface area is 125 Å². The average Bonchev–Trinajstić information content (AvgIpc) is 2.42. The Kier molecular flexibility index (Phi) is 4.89. The van der Waals surface area contributed by atoms with E-state index < -0.39 is 0 Å². The molecule has 0 fully saturated rings. The Balaban J connectivity index is 2.35. The summed E-state index contributed by atoms with van der Waals surface area (Å²) in [6, 6.07) is 4.26. The van der Waals surface area contributed by atoms with Crippen LogP contribution in [0.4, 0.5) is 10.2 Å². The summed E-state index contributed by atoms with van der Waals surface area (Å²) in [5.41, 5.74) is 0.894. The molecular formula is C14H15BrFN3O. The Morgan fingerprint density at radius 3 is 2.75 bits per heavy atom. The summed E-state index contributed by atoms with van der Waals surface area (Å²) in [7, 11) is 0. The van der Waals surface area contributed by atoms with Crippen LogP contribution in [0.3, 0.4) is 0 Å². The van der Waals surface area contributed by atoms with Gasteiger partial charge in [0, 0.05) is 6.54 Å². The van der Waals surface area contributed by atoms with Crippen molar-refractivity contribution in [2.24, 2.45) is 0 Å². The fourth-order valence-electron chi connectivity index (χ4n) is 1.78. The number of halogens is 2. The number of benzene rings is 1. The number of rotatable bonds is 5. The highest BCUT2D eigenvalue weighted by atomic mass is 79.9. The fraction of sp³-hybridized carbons (Fsp3) is 0.286. The first-order chi connectivity index (χ1) is 9.65. The molecule has 6 heteroatoms. The van der Waals surface area contributed by atoms with E-state index in [0.717, 1.165) is 24.3 Å². The first-order valence-corrected chi connectivity index (χ1v) is 7.15. The molecule has 0 unspecified atom stereocenters. The summed E-state index contributed by atoms with van der Waals surface area (Å²) < 4.78 is 19.4. The summed E-state index contributed by atoms with van der Waals surface area (Å²) in [6.07, 6.45) is 2.18. The molecule has 1 aromatic carbocycles.